The van der Waals surface area contributed by atoms with Gasteiger partial charge in [0.1, 0.15) is 17.4 Å². The first-order valence-electron chi connectivity index (χ1n) is 9.87. The van der Waals surface area contributed by atoms with E-state index in [1.54, 1.807) is 30.9 Å². The Bertz CT molecular complexity index is 1030. The number of pyridine rings is 1. The predicted molar refractivity (Wildman–Crippen MR) is 113 cm³/mol. The summed E-state index contributed by atoms with van der Waals surface area (Å²) >= 11 is 6.11. The average Bonchev–Trinajstić information content (AvgIpc) is 2.71. The standard InChI is InChI=1S/C22H24ClFN4O2/c1-14-16(15(2)26-22(30)17(14)12-25)6-7-21(29)28-10-8-27(9-11-28)13-18-19(23)4-3-5-20(18)24/h3-5H,6-11,13H2,1-2H3,(H,26,30). The van der Waals surface area contributed by atoms with Gasteiger partial charge in [-0.15, -0.1) is 0 Å². The zero-order chi connectivity index (χ0) is 21.8. The first-order chi connectivity index (χ1) is 14.3. The summed E-state index contributed by atoms with van der Waals surface area (Å²) in [7, 11) is 0. The molecular weight excluding hydrogens is 407 g/mol. The van der Waals surface area contributed by atoms with Gasteiger partial charge < -0.3 is 9.88 Å². The Hall–Kier alpha value is -2.69. The molecule has 1 fully saturated rings. The number of halogens is 2. The van der Waals surface area contributed by atoms with Crippen LogP contribution in [0.4, 0.5) is 4.39 Å². The summed E-state index contributed by atoms with van der Waals surface area (Å²) in [5.74, 6) is -0.286. The number of aromatic amines is 1. The number of aromatic nitrogens is 1. The summed E-state index contributed by atoms with van der Waals surface area (Å²) in [6.07, 6.45) is 0.769. The van der Waals surface area contributed by atoms with E-state index in [1.165, 1.54) is 6.07 Å². The van der Waals surface area contributed by atoms with Crippen molar-refractivity contribution in [2.24, 2.45) is 0 Å². The second kappa shape index (κ2) is 9.41. The van der Waals surface area contributed by atoms with Gasteiger partial charge in [0.25, 0.3) is 5.56 Å². The van der Waals surface area contributed by atoms with Crippen LogP contribution in [-0.2, 0) is 17.8 Å². The smallest absolute Gasteiger partial charge is 0.266 e. The number of amides is 1. The number of rotatable bonds is 5. The topological polar surface area (TPSA) is 80.2 Å². The maximum Gasteiger partial charge on any atom is 0.266 e. The maximum atomic E-state index is 14.0. The van der Waals surface area contributed by atoms with Crippen molar-refractivity contribution in [1.29, 1.82) is 5.26 Å². The lowest BCUT2D eigenvalue weighted by molar-refractivity contribution is -0.133. The average molecular weight is 431 g/mol. The molecule has 6 nitrogen and oxygen atoms in total. The molecule has 1 aromatic carbocycles. The van der Waals surface area contributed by atoms with E-state index in [4.69, 9.17) is 11.6 Å². The van der Waals surface area contributed by atoms with Crippen LogP contribution >= 0.6 is 11.6 Å². The molecule has 1 aliphatic rings. The molecule has 1 amide bonds. The summed E-state index contributed by atoms with van der Waals surface area (Å²) in [6.45, 7) is 6.36. The van der Waals surface area contributed by atoms with E-state index < -0.39 is 5.56 Å². The zero-order valence-corrected chi connectivity index (χ0v) is 17.9. The van der Waals surface area contributed by atoms with Crippen molar-refractivity contribution < 1.29 is 9.18 Å². The van der Waals surface area contributed by atoms with Crippen molar-refractivity contribution >= 4 is 17.5 Å². The first kappa shape index (κ1) is 22.0. The van der Waals surface area contributed by atoms with Gasteiger partial charge in [0.15, 0.2) is 0 Å². The number of piperazine rings is 1. The summed E-state index contributed by atoms with van der Waals surface area (Å²) in [5, 5.41) is 9.59. The Balaban J connectivity index is 1.57. The molecule has 0 radical (unpaired) electrons. The minimum Gasteiger partial charge on any atom is -0.340 e. The van der Waals surface area contributed by atoms with Gasteiger partial charge in [0.2, 0.25) is 5.91 Å². The number of benzene rings is 1. The van der Waals surface area contributed by atoms with Gasteiger partial charge in [-0.3, -0.25) is 14.5 Å². The molecule has 0 atom stereocenters. The third kappa shape index (κ3) is 4.72. The Morgan fingerprint density at radius 1 is 1.23 bits per heavy atom. The molecule has 0 spiro atoms. The number of H-pyrrole nitrogens is 1. The van der Waals surface area contributed by atoms with E-state index in [0.717, 1.165) is 5.56 Å². The summed E-state index contributed by atoms with van der Waals surface area (Å²) in [5.41, 5.74) is 2.36. The van der Waals surface area contributed by atoms with Gasteiger partial charge in [-0.05, 0) is 43.5 Å². The molecule has 0 saturated carbocycles. The number of nitrogens with zero attached hydrogens (tertiary/aromatic N) is 3. The number of nitrogens with one attached hydrogen (secondary N) is 1. The Morgan fingerprint density at radius 2 is 1.93 bits per heavy atom. The molecule has 1 N–H and O–H groups in total. The van der Waals surface area contributed by atoms with E-state index >= 15 is 0 Å². The lowest BCUT2D eigenvalue weighted by Crippen LogP contribution is -2.48. The largest absolute Gasteiger partial charge is 0.340 e. The first-order valence-corrected chi connectivity index (χ1v) is 10.2. The Kier molecular flexibility index (Phi) is 6.91. The molecule has 158 valence electrons. The third-order valence-corrected chi connectivity index (χ3v) is 6.03. The van der Waals surface area contributed by atoms with Gasteiger partial charge in [0, 0.05) is 55.4 Å². The van der Waals surface area contributed by atoms with Gasteiger partial charge in [0.05, 0.1) is 0 Å². The van der Waals surface area contributed by atoms with Crippen LogP contribution < -0.4 is 5.56 Å². The number of carbonyl (C=O) groups is 1. The number of nitriles is 1. The maximum absolute atomic E-state index is 14.0. The fourth-order valence-electron chi connectivity index (χ4n) is 3.87. The highest BCUT2D eigenvalue weighted by Gasteiger charge is 2.23. The summed E-state index contributed by atoms with van der Waals surface area (Å²) in [6, 6.07) is 6.60. The van der Waals surface area contributed by atoms with Crippen molar-refractivity contribution in [3.63, 3.8) is 0 Å². The van der Waals surface area contributed by atoms with Crippen LogP contribution in [0.25, 0.3) is 0 Å². The lowest BCUT2D eigenvalue weighted by Gasteiger charge is -2.35. The highest BCUT2D eigenvalue weighted by molar-refractivity contribution is 6.31. The van der Waals surface area contributed by atoms with Crippen molar-refractivity contribution in [2.45, 2.75) is 33.2 Å². The minimum absolute atomic E-state index is 0.0297. The fraction of sp³-hybridized carbons (Fsp3) is 0.409. The minimum atomic E-state index is -0.395. The van der Waals surface area contributed by atoms with Crippen molar-refractivity contribution in [3.8, 4) is 6.07 Å². The van der Waals surface area contributed by atoms with Crippen molar-refractivity contribution in [2.75, 3.05) is 26.2 Å². The molecule has 8 heteroatoms. The molecule has 1 saturated heterocycles. The number of hydrogen-bond acceptors (Lipinski definition) is 4. The molecule has 30 heavy (non-hydrogen) atoms. The lowest BCUT2D eigenvalue weighted by atomic mass is 9.99. The zero-order valence-electron chi connectivity index (χ0n) is 17.1. The van der Waals surface area contributed by atoms with E-state index in [0.29, 0.717) is 67.4 Å². The summed E-state index contributed by atoms with van der Waals surface area (Å²) in [4.78, 5) is 31.1. The van der Waals surface area contributed by atoms with Crippen LogP contribution in [-0.4, -0.2) is 46.9 Å². The van der Waals surface area contributed by atoms with E-state index in [1.807, 2.05) is 6.07 Å². The molecule has 2 heterocycles. The highest BCUT2D eigenvalue weighted by atomic mass is 35.5. The molecule has 3 rings (SSSR count). The van der Waals surface area contributed by atoms with E-state index in [9.17, 15) is 19.2 Å². The molecule has 0 unspecified atom stereocenters. The van der Waals surface area contributed by atoms with E-state index in [2.05, 4.69) is 9.88 Å². The van der Waals surface area contributed by atoms with Gasteiger partial charge in [-0.25, -0.2) is 4.39 Å². The summed E-state index contributed by atoms with van der Waals surface area (Å²) < 4.78 is 14.0. The normalized spacial score (nSPS) is 14.6. The monoisotopic (exact) mass is 430 g/mol. The van der Waals surface area contributed by atoms with Crippen molar-refractivity contribution in [3.05, 3.63) is 67.3 Å². The van der Waals surface area contributed by atoms with Crippen LogP contribution in [0.2, 0.25) is 5.02 Å². The molecule has 1 aromatic heterocycles. The molecule has 2 aromatic rings. The van der Waals surface area contributed by atoms with E-state index in [-0.39, 0.29) is 17.3 Å². The molecule has 1 aliphatic heterocycles. The van der Waals surface area contributed by atoms with Crippen molar-refractivity contribution in [1.82, 2.24) is 14.8 Å². The second-order valence-corrected chi connectivity index (χ2v) is 7.93. The Morgan fingerprint density at radius 3 is 2.57 bits per heavy atom. The van der Waals surface area contributed by atoms with Crippen LogP contribution in [0.1, 0.15) is 34.4 Å². The van der Waals surface area contributed by atoms with Crippen LogP contribution in [0, 0.1) is 31.0 Å². The van der Waals surface area contributed by atoms with Gasteiger partial charge >= 0.3 is 0 Å². The highest BCUT2D eigenvalue weighted by Crippen LogP contribution is 2.22. The van der Waals surface area contributed by atoms with Gasteiger partial charge in [-0.2, -0.15) is 5.26 Å². The second-order valence-electron chi connectivity index (χ2n) is 7.53. The van der Waals surface area contributed by atoms with Gasteiger partial charge in [-0.1, -0.05) is 17.7 Å². The number of hydrogen-bond donors (Lipinski definition) is 1. The molecule has 0 bridgehead atoms. The molecular formula is C22H24ClFN4O2. The SMILES string of the molecule is Cc1[nH]c(=O)c(C#N)c(C)c1CCC(=O)N1CCN(Cc2c(F)cccc2Cl)CC1. The quantitative estimate of drug-likeness (QED) is 0.790. The Labute approximate surface area is 179 Å². The fourth-order valence-corrected chi connectivity index (χ4v) is 4.10. The third-order valence-electron chi connectivity index (χ3n) is 5.68. The van der Waals surface area contributed by atoms with Crippen LogP contribution in [0.3, 0.4) is 0 Å². The number of carbonyl (C=O) groups excluding carboxylic acids is 1. The van der Waals surface area contributed by atoms with Crippen LogP contribution in [0.15, 0.2) is 23.0 Å². The predicted octanol–water partition coefficient (Wildman–Crippen LogP) is 2.93. The molecule has 0 aliphatic carbocycles. The van der Waals surface area contributed by atoms with Crippen LogP contribution in [0.5, 0.6) is 0 Å². The number of aryl methyl sites for hydroxylation is 1.